The van der Waals surface area contributed by atoms with Crippen LogP contribution in [-0.4, -0.2) is 60.4 Å². The lowest BCUT2D eigenvalue weighted by Crippen LogP contribution is -2.48. The van der Waals surface area contributed by atoms with Crippen LogP contribution in [0.15, 0.2) is 71.6 Å². The first-order valence-electron chi connectivity index (χ1n) is 11.7. The van der Waals surface area contributed by atoms with Crippen molar-refractivity contribution in [3.8, 4) is 11.5 Å². The lowest BCUT2D eigenvalue weighted by atomic mass is 10.2. The zero-order valence-corrected chi connectivity index (χ0v) is 21.7. The van der Waals surface area contributed by atoms with E-state index in [4.69, 9.17) is 25.8 Å². The SMILES string of the molecule is COc1ccc(S(=O)(=O)N2C[C@H](C(=O)Nc3ccc(N4CCOCC4)cc3)Oc3ccc(Cl)cc32)cc1. The molecule has 0 bridgehead atoms. The molecule has 11 heteroatoms. The predicted molar refractivity (Wildman–Crippen MR) is 141 cm³/mol. The highest BCUT2D eigenvalue weighted by Gasteiger charge is 2.38. The number of fused-ring (bicyclic) bond motifs is 1. The summed E-state index contributed by atoms with van der Waals surface area (Å²) in [4.78, 5) is 15.5. The van der Waals surface area contributed by atoms with Gasteiger partial charge in [-0.15, -0.1) is 0 Å². The van der Waals surface area contributed by atoms with E-state index in [-0.39, 0.29) is 22.9 Å². The first-order chi connectivity index (χ1) is 17.8. The Hall–Kier alpha value is -3.47. The average molecular weight is 544 g/mol. The Kier molecular flexibility index (Phi) is 7.14. The Morgan fingerprint density at radius 3 is 2.41 bits per heavy atom. The number of rotatable bonds is 6. The van der Waals surface area contributed by atoms with Crippen molar-refractivity contribution < 1.29 is 27.4 Å². The molecular weight excluding hydrogens is 518 g/mol. The van der Waals surface area contributed by atoms with Crippen molar-refractivity contribution >= 4 is 44.6 Å². The molecule has 0 radical (unpaired) electrons. The monoisotopic (exact) mass is 543 g/mol. The maximum Gasteiger partial charge on any atom is 0.267 e. The number of carbonyl (C=O) groups is 1. The molecule has 0 saturated carbocycles. The number of hydrogen-bond donors (Lipinski definition) is 1. The van der Waals surface area contributed by atoms with Crippen LogP contribution in [0.3, 0.4) is 0 Å². The number of nitrogens with zero attached hydrogens (tertiary/aromatic N) is 2. The van der Waals surface area contributed by atoms with Crippen LogP contribution in [0.4, 0.5) is 17.1 Å². The van der Waals surface area contributed by atoms with Gasteiger partial charge in [0.15, 0.2) is 6.10 Å². The Balaban J connectivity index is 1.38. The third-order valence-corrected chi connectivity index (χ3v) is 8.27. The van der Waals surface area contributed by atoms with Crippen LogP contribution in [0.25, 0.3) is 0 Å². The molecule has 37 heavy (non-hydrogen) atoms. The number of sulfonamides is 1. The van der Waals surface area contributed by atoms with Gasteiger partial charge in [0, 0.05) is 29.5 Å². The fraction of sp³-hybridized carbons (Fsp3) is 0.269. The number of anilines is 3. The zero-order valence-electron chi connectivity index (χ0n) is 20.1. The summed E-state index contributed by atoms with van der Waals surface area (Å²) in [5, 5.41) is 3.19. The second-order valence-electron chi connectivity index (χ2n) is 8.57. The van der Waals surface area contributed by atoms with Crippen molar-refractivity contribution in [2.75, 3.05) is 54.5 Å². The summed E-state index contributed by atoms with van der Waals surface area (Å²) in [7, 11) is -2.53. The maximum absolute atomic E-state index is 13.6. The number of morpholine rings is 1. The van der Waals surface area contributed by atoms with Gasteiger partial charge in [-0.2, -0.15) is 0 Å². The van der Waals surface area contributed by atoms with Crippen LogP contribution >= 0.6 is 11.6 Å². The first kappa shape index (κ1) is 25.2. The van der Waals surface area contributed by atoms with Crippen LogP contribution in [-0.2, 0) is 19.6 Å². The van der Waals surface area contributed by atoms with Gasteiger partial charge in [0.2, 0.25) is 0 Å². The molecule has 0 spiro atoms. The minimum absolute atomic E-state index is 0.0546. The summed E-state index contributed by atoms with van der Waals surface area (Å²) in [5.41, 5.74) is 1.89. The van der Waals surface area contributed by atoms with Gasteiger partial charge in [-0.25, -0.2) is 8.42 Å². The molecule has 2 aliphatic heterocycles. The molecule has 0 aromatic heterocycles. The highest BCUT2D eigenvalue weighted by atomic mass is 35.5. The van der Waals surface area contributed by atoms with Gasteiger partial charge in [0.1, 0.15) is 11.5 Å². The van der Waals surface area contributed by atoms with Crippen molar-refractivity contribution in [2.45, 2.75) is 11.0 Å². The van der Waals surface area contributed by atoms with Gasteiger partial charge in [-0.05, 0) is 66.7 Å². The van der Waals surface area contributed by atoms with Crippen LogP contribution in [0.5, 0.6) is 11.5 Å². The van der Waals surface area contributed by atoms with E-state index in [1.54, 1.807) is 24.3 Å². The third-order valence-electron chi connectivity index (χ3n) is 6.24. The molecule has 1 saturated heterocycles. The minimum Gasteiger partial charge on any atom is -0.497 e. The van der Waals surface area contributed by atoms with E-state index >= 15 is 0 Å². The summed E-state index contributed by atoms with van der Waals surface area (Å²) in [6.07, 6.45) is -1.08. The summed E-state index contributed by atoms with van der Waals surface area (Å²) in [5.74, 6) is 0.312. The standard InChI is InChI=1S/C26H26ClN3O6S/c1-34-21-7-9-22(10-8-21)37(32,33)30-17-25(36-24-11-2-18(27)16-23(24)30)26(31)28-19-3-5-20(6-4-19)29-12-14-35-15-13-29/h2-11,16,25H,12-15,17H2,1H3,(H,28,31)/t25-/m1/s1. The van der Waals surface area contributed by atoms with E-state index in [0.29, 0.717) is 29.7 Å². The fourth-order valence-corrected chi connectivity index (χ4v) is 5.90. The summed E-state index contributed by atoms with van der Waals surface area (Å²) < 4.78 is 44.8. The van der Waals surface area contributed by atoms with Crippen LogP contribution in [0.2, 0.25) is 5.02 Å². The summed E-state index contributed by atoms with van der Waals surface area (Å²) in [6.45, 7) is 2.76. The minimum atomic E-state index is -4.03. The molecule has 2 heterocycles. The predicted octanol–water partition coefficient (Wildman–Crippen LogP) is 3.78. The number of methoxy groups -OCH3 is 1. The zero-order chi connectivity index (χ0) is 26.0. The van der Waals surface area contributed by atoms with Gasteiger partial charge in [0.05, 0.1) is 37.5 Å². The summed E-state index contributed by atoms with van der Waals surface area (Å²) >= 11 is 6.17. The Morgan fingerprint density at radius 1 is 1.03 bits per heavy atom. The van der Waals surface area contributed by atoms with Crippen LogP contribution < -0.4 is 24.0 Å². The second kappa shape index (κ2) is 10.5. The van der Waals surface area contributed by atoms with Gasteiger partial charge in [0.25, 0.3) is 15.9 Å². The highest BCUT2D eigenvalue weighted by molar-refractivity contribution is 7.92. The van der Waals surface area contributed by atoms with Crippen LogP contribution in [0, 0.1) is 0 Å². The largest absolute Gasteiger partial charge is 0.497 e. The molecule has 9 nitrogen and oxygen atoms in total. The number of nitrogens with one attached hydrogen (secondary N) is 1. The highest BCUT2D eigenvalue weighted by Crippen LogP contribution is 2.39. The van der Waals surface area contributed by atoms with Gasteiger partial charge in [-0.3, -0.25) is 9.10 Å². The Bertz CT molecular complexity index is 1380. The van der Waals surface area contributed by atoms with Gasteiger partial charge >= 0.3 is 0 Å². The van der Waals surface area contributed by atoms with E-state index in [1.807, 2.05) is 24.3 Å². The molecule has 1 amide bonds. The molecule has 3 aromatic rings. The van der Waals surface area contributed by atoms with Crippen molar-refractivity contribution in [2.24, 2.45) is 0 Å². The quantitative estimate of drug-likeness (QED) is 0.505. The summed E-state index contributed by atoms with van der Waals surface area (Å²) in [6, 6.07) is 18.2. The number of hydrogen-bond acceptors (Lipinski definition) is 7. The lowest BCUT2D eigenvalue weighted by molar-refractivity contribution is -0.122. The normalized spacial score (nSPS) is 17.5. The number of benzene rings is 3. The van der Waals surface area contributed by atoms with Gasteiger partial charge in [-0.1, -0.05) is 11.6 Å². The Morgan fingerprint density at radius 2 is 1.73 bits per heavy atom. The van der Waals surface area contributed by atoms with Crippen molar-refractivity contribution in [1.82, 2.24) is 0 Å². The Labute approximate surface area is 220 Å². The first-order valence-corrected chi connectivity index (χ1v) is 13.5. The molecule has 194 valence electrons. The molecule has 1 atom stereocenters. The molecule has 0 aliphatic carbocycles. The topological polar surface area (TPSA) is 97.4 Å². The molecule has 3 aromatic carbocycles. The van der Waals surface area contributed by atoms with Crippen molar-refractivity contribution in [3.05, 3.63) is 71.8 Å². The van der Waals surface area contributed by atoms with E-state index in [2.05, 4.69) is 10.2 Å². The second-order valence-corrected chi connectivity index (χ2v) is 10.9. The van der Waals surface area contributed by atoms with E-state index in [9.17, 15) is 13.2 Å². The molecule has 1 fully saturated rings. The third kappa shape index (κ3) is 5.31. The lowest BCUT2D eigenvalue weighted by Gasteiger charge is -2.35. The molecule has 0 unspecified atom stereocenters. The number of carbonyl (C=O) groups excluding carboxylic acids is 1. The van der Waals surface area contributed by atoms with E-state index in [0.717, 1.165) is 23.1 Å². The maximum atomic E-state index is 13.6. The van der Waals surface area contributed by atoms with Crippen LogP contribution in [0.1, 0.15) is 0 Å². The number of halogens is 1. The number of ether oxygens (including phenoxy) is 3. The fourth-order valence-electron chi connectivity index (χ4n) is 4.26. The van der Waals surface area contributed by atoms with Crippen molar-refractivity contribution in [1.29, 1.82) is 0 Å². The molecule has 2 aliphatic rings. The molecule has 1 N–H and O–H groups in total. The van der Waals surface area contributed by atoms with Gasteiger partial charge < -0.3 is 24.4 Å². The number of amides is 1. The van der Waals surface area contributed by atoms with E-state index < -0.39 is 22.0 Å². The smallest absolute Gasteiger partial charge is 0.267 e. The average Bonchev–Trinajstić information content (AvgIpc) is 2.93. The molecular formula is C26H26ClN3O6S. The molecule has 5 rings (SSSR count). The van der Waals surface area contributed by atoms with Crippen molar-refractivity contribution in [3.63, 3.8) is 0 Å². The van der Waals surface area contributed by atoms with E-state index in [1.165, 1.54) is 25.3 Å².